The van der Waals surface area contributed by atoms with Gasteiger partial charge in [0.2, 0.25) is 0 Å². The Morgan fingerprint density at radius 3 is 2.79 bits per heavy atom. The van der Waals surface area contributed by atoms with Crippen LogP contribution >= 0.6 is 11.6 Å². The number of anilines is 1. The first-order chi connectivity index (χ1) is 13.0. The molecule has 154 valence electrons. The van der Waals surface area contributed by atoms with Crippen molar-refractivity contribution in [1.82, 2.24) is 9.47 Å². The number of carbonyl (C=O) groups is 1. The van der Waals surface area contributed by atoms with Crippen LogP contribution in [0.15, 0.2) is 17.1 Å². The van der Waals surface area contributed by atoms with E-state index in [1.54, 1.807) is 6.42 Å². The van der Waals surface area contributed by atoms with Crippen LogP contribution in [0.2, 0.25) is 0 Å². The van der Waals surface area contributed by atoms with Crippen LogP contribution in [0.1, 0.15) is 19.3 Å². The Morgan fingerprint density at radius 1 is 1.39 bits per heavy atom. The third kappa shape index (κ3) is 8.23. The van der Waals surface area contributed by atoms with Crippen molar-refractivity contribution in [3.8, 4) is 11.8 Å². The fourth-order valence-electron chi connectivity index (χ4n) is 2.65. The number of carbonyl (C=O) groups excluding carboxylic acids is 1. The second-order valence-corrected chi connectivity index (χ2v) is 6.74. The maximum absolute atomic E-state index is 13.6. The van der Waals surface area contributed by atoms with Crippen molar-refractivity contribution in [2.45, 2.75) is 31.2 Å². The third-order valence-corrected chi connectivity index (χ3v) is 4.34. The second-order valence-electron chi connectivity index (χ2n) is 6.18. The van der Waals surface area contributed by atoms with E-state index in [0.29, 0.717) is 6.54 Å². The smallest absolute Gasteiger partial charge is 0.350 e. The fourth-order valence-corrected chi connectivity index (χ4v) is 2.81. The average Bonchev–Trinajstić information content (AvgIpc) is 3.15. The van der Waals surface area contributed by atoms with Gasteiger partial charge in [-0.15, -0.1) is 11.6 Å². The van der Waals surface area contributed by atoms with Gasteiger partial charge in [-0.25, -0.2) is 8.78 Å². The van der Waals surface area contributed by atoms with Crippen molar-refractivity contribution < 1.29 is 33.4 Å². The summed E-state index contributed by atoms with van der Waals surface area (Å²) in [7, 11) is 0. The van der Waals surface area contributed by atoms with E-state index in [0.717, 1.165) is 23.7 Å². The van der Waals surface area contributed by atoms with Gasteiger partial charge in [0.1, 0.15) is 6.67 Å². The summed E-state index contributed by atoms with van der Waals surface area (Å²) in [4.78, 5) is 25.7. The fraction of sp³-hybridized carbons (Fsp3) is 0.474. The van der Waals surface area contributed by atoms with Crippen LogP contribution in [0.25, 0.3) is 0 Å². The molecule has 0 bridgehead atoms. The number of nitrogens with zero attached hydrogens (tertiary/aromatic N) is 2. The van der Waals surface area contributed by atoms with Crippen molar-refractivity contribution >= 4 is 23.2 Å². The number of halogens is 3. The normalized spacial score (nSPS) is 14.4. The van der Waals surface area contributed by atoms with Gasteiger partial charge in [-0.2, -0.15) is 12.8 Å². The number of nitrogens with one attached hydrogen (secondary N) is 1. The topological polar surface area (TPSA) is 54.3 Å². The number of alkyl halides is 2. The molecule has 1 unspecified atom stereocenters. The summed E-state index contributed by atoms with van der Waals surface area (Å²) >= 11 is 6.11. The first-order valence-corrected chi connectivity index (χ1v) is 9.21. The SMILES string of the molecule is O=C([CH-]CC(Cl)[CH-]C#CCN1CCCC1)Nc1cc(F)c(=O)n(CCF)c1.[Os+2]. The summed E-state index contributed by atoms with van der Waals surface area (Å²) in [6.45, 7) is 1.77. The quantitative estimate of drug-likeness (QED) is 0.289. The van der Waals surface area contributed by atoms with Gasteiger partial charge < -0.3 is 31.9 Å². The molecule has 1 aromatic heterocycles. The molecule has 0 saturated carbocycles. The van der Waals surface area contributed by atoms with E-state index in [2.05, 4.69) is 22.1 Å². The summed E-state index contributed by atoms with van der Waals surface area (Å²) in [5, 5.41) is 2.01. The first kappa shape index (κ1) is 24.5. The molecule has 2 heterocycles. The van der Waals surface area contributed by atoms with Gasteiger partial charge >= 0.3 is 19.8 Å². The van der Waals surface area contributed by atoms with Crippen molar-refractivity contribution in [2.24, 2.45) is 0 Å². The molecule has 1 fully saturated rings. The molecule has 0 radical (unpaired) electrons. The molecule has 28 heavy (non-hydrogen) atoms. The Kier molecular flexibility index (Phi) is 11.2. The van der Waals surface area contributed by atoms with Crippen molar-refractivity contribution in [3.05, 3.63) is 41.3 Å². The first-order valence-electron chi connectivity index (χ1n) is 8.78. The zero-order valence-corrected chi connectivity index (χ0v) is 18.5. The van der Waals surface area contributed by atoms with E-state index >= 15 is 0 Å². The number of hydrogen-bond acceptors (Lipinski definition) is 3. The van der Waals surface area contributed by atoms with Gasteiger partial charge in [-0.1, -0.05) is 0 Å². The number of amides is 1. The predicted octanol–water partition coefficient (Wildman–Crippen LogP) is 2.40. The summed E-state index contributed by atoms with van der Waals surface area (Å²) in [6.07, 6.45) is 6.82. The van der Waals surface area contributed by atoms with Crippen LogP contribution in [0, 0.1) is 30.5 Å². The van der Waals surface area contributed by atoms with Gasteiger partial charge in [0.25, 0.3) is 5.56 Å². The van der Waals surface area contributed by atoms with Crippen LogP contribution in [-0.2, 0) is 31.1 Å². The number of rotatable bonds is 8. The zero-order valence-electron chi connectivity index (χ0n) is 15.2. The molecule has 0 aliphatic carbocycles. The van der Waals surface area contributed by atoms with Crippen LogP contribution in [0.5, 0.6) is 0 Å². The molecule has 1 N–H and O–H groups in total. The largest absolute Gasteiger partial charge is 2.00 e. The molecule has 0 aromatic carbocycles. The Bertz CT molecular complexity index is 758. The maximum Gasteiger partial charge on any atom is 2.00 e. The Balaban J connectivity index is 0.00000392. The molecule has 1 atom stereocenters. The number of hydrogen-bond donors (Lipinski definition) is 1. The van der Waals surface area contributed by atoms with E-state index in [1.807, 2.05) is 0 Å². The molecular weight excluding hydrogens is 566 g/mol. The molecule has 2 rings (SSSR count). The summed E-state index contributed by atoms with van der Waals surface area (Å²) < 4.78 is 26.8. The van der Waals surface area contributed by atoms with Crippen molar-refractivity contribution in [1.29, 1.82) is 0 Å². The van der Waals surface area contributed by atoms with Gasteiger partial charge in [0.05, 0.1) is 18.1 Å². The summed E-state index contributed by atoms with van der Waals surface area (Å²) in [6, 6.07) is 0.900. The third-order valence-electron chi connectivity index (χ3n) is 4.03. The molecule has 0 spiro atoms. The number of pyridine rings is 1. The average molecular weight is 588 g/mol. The number of likely N-dealkylation sites (tertiary alicyclic amines) is 1. The Hall–Kier alpha value is -1.53. The van der Waals surface area contributed by atoms with Crippen LogP contribution in [-0.4, -0.2) is 47.1 Å². The molecule has 1 saturated heterocycles. The van der Waals surface area contributed by atoms with Crippen molar-refractivity contribution in [3.63, 3.8) is 0 Å². The van der Waals surface area contributed by atoms with Crippen LogP contribution in [0.3, 0.4) is 0 Å². The molecule has 9 heteroatoms. The van der Waals surface area contributed by atoms with Crippen molar-refractivity contribution in [2.75, 3.05) is 31.6 Å². The second kappa shape index (κ2) is 12.8. The van der Waals surface area contributed by atoms with E-state index in [9.17, 15) is 18.4 Å². The zero-order chi connectivity index (χ0) is 19.6. The monoisotopic (exact) mass is 589 g/mol. The minimum absolute atomic E-state index is 0. The molecule has 5 nitrogen and oxygen atoms in total. The number of aryl methyl sites for hydroxylation is 1. The maximum atomic E-state index is 13.6. The molecule has 1 aromatic rings. The summed E-state index contributed by atoms with van der Waals surface area (Å²) in [5.41, 5.74) is -0.861. The minimum atomic E-state index is -1.06. The van der Waals surface area contributed by atoms with Gasteiger partial charge in [0, 0.05) is 12.3 Å². The van der Waals surface area contributed by atoms with E-state index in [-0.39, 0.29) is 38.4 Å². The van der Waals surface area contributed by atoms with Gasteiger partial charge in [-0.3, -0.25) is 10.7 Å². The van der Waals surface area contributed by atoms with E-state index < -0.39 is 29.3 Å². The Morgan fingerprint density at radius 2 is 2.11 bits per heavy atom. The van der Waals surface area contributed by atoms with Crippen LogP contribution in [0.4, 0.5) is 14.5 Å². The van der Waals surface area contributed by atoms with Crippen LogP contribution < -0.4 is 10.9 Å². The molecule has 1 amide bonds. The van der Waals surface area contributed by atoms with Gasteiger partial charge in [-0.05, 0) is 37.9 Å². The predicted molar refractivity (Wildman–Crippen MR) is 102 cm³/mol. The molecule has 1 aliphatic rings. The minimum Gasteiger partial charge on any atom is -0.350 e. The Labute approximate surface area is 181 Å². The standard InChI is InChI=1S/C19H22ClF2N3O2.Os/c20-15(5-1-2-9-24-10-3-4-11-24)6-7-18(26)23-16-13-17(22)19(27)25(14-16)12-8-21;/h5,7,13-15H,3-4,6,8-12H2,(H,23,26);/q-2;+2. The molecular formula is C19H22ClF2N3O2Os. The number of aromatic nitrogens is 1. The molecule has 1 aliphatic heterocycles. The van der Waals surface area contributed by atoms with E-state index in [1.165, 1.54) is 25.5 Å². The van der Waals surface area contributed by atoms with Gasteiger partial charge in [0.15, 0.2) is 5.82 Å². The summed E-state index contributed by atoms with van der Waals surface area (Å²) in [5.74, 6) is 4.38. The van der Waals surface area contributed by atoms with E-state index in [4.69, 9.17) is 11.6 Å².